The molecule has 0 spiro atoms. The van der Waals surface area contributed by atoms with Crippen LogP contribution < -0.4 is 5.43 Å². The molecule has 0 aromatic carbocycles. The summed E-state index contributed by atoms with van der Waals surface area (Å²) in [7, 11) is 0. The summed E-state index contributed by atoms with van der Waals surface area (Å²) >= 11 is 7.40. The summed E-state index contributed by atoms with van der Waals surface area (Å²) in [5.41, 5.74) is -0.979. The zero-order valence-electron chi connectivity index (χ0n) is 11.1. The largest absolute Gasteiger partial charge is 0.347 e. The molecule has 1 aromatic rings. The normalized spacial score (nSPS) is 13.3. The first kappa shape index (κ1) is 16.2. The van der Waals surface area contributed by atoms with Gasteiger partial charge in [-0.25, -0.2) is 0 Å². The molecule has 106 valence electrons. The molecule has 1 rings (SSSR count). The van der Waals surface area contributed by atoms with Crippen molar-refractivity contribution in [3.63, 3.8) is 0 Å². The molecule has 0 saturated heterocycles. The summed E-state index contributed by atoms with van der Waals surface area (Å²) in [6.45, 7) is 6.87. The number of rotatable bonds is 4. The van der Waals surface area contributed by atoms with E-state index in [1.54, 1.807) is 10.8 Å². The lowest BCUT2D eigenvalue weighted by molar-refractivity contribution is -0.386. The molecule has 1 unspecified atom stereocenters. The smallest absolute Gasteiger partial charge is 0.333 e. The summed E-state index contributed by atoms with van der Waals surface area (Å²) in [5, 5.41) is 10.8. The predicted molar refractivity (Wildman–Crippen MR) is 81.9 cm³/mol. The summed E-state index contributed by atoms with van der Waals surface area (Å²) in [6, 6.07) is 0. The lowest BCUT2D eigenvalue weighted by Gasteiger charge is -2.30. The van der Waals surface area contributed by atoms with Crippen LogP contribution in [0.1, 0.15) is 20.8 Å². The first-order valence-electron chi connectivity index (χ1n) is 5.81. The second-order valence-corrected chi connectivity index (χ2v) is 6.74. The van der Waals surface area contributed by atoms with Gasteiger partial charge < -0.3 is 4.57 Å². The van der Waals surface area contributed by atoms with Crippen molar-refractivity contribution in [2.24, 2.45) is 11.3 Å². The van der Waals surface area contributed by atoms with Gasteiger partial charge in [0.05, 0.1) is 15.6 Å². The molecule has 0 radical (unpaired) electrons. The van der Waals surface area contributed by atoms with Crippen LogP contribution in [0.25, 0.3) is 0 Å². The number of nitrogens with zero attached hydrogens (tertiary/aromatic N) is 2. The van der Waals surface area contributed by atoms with Crippen molar-refractivity contribution >= 4 is 34.2 Å². The topological polar surface area (TPSA) is 65.1 Å². The fraction of sp³-hybridized carbons (Fsp3) is 0.583. The van der Waals surface area contributed by atoms with Gasteiger partial charge in [0.15, 0.2) is 0 Å². The minimum atomic E-state index is -0.656. The van der Waals surface area contributed by atoms with E-state index in [9.17, 15) is 14.9 Å². The van der Waals surface area contributed by atoms with Gasteiger partial charge in [-0.05, 0) is 33.0 Å². The summed E-state index contributed by atoms with van der Waals surface area (Å²) in [5.74, 6) is 0.908. The third-order valence-corrected chi connectivity index (χ3v) is 4.10. The van der Waals surface area contributed by atoms with Gasteiger partial charge in [0.1, 0.15) is 0 Å². The molecule has 0 aliphatic rings. The molecule has 1 heterocycles. The Morgan fingerprint density at radius 1 is 1.47 bits per heavy atom. The van der Waals surface area contributed by atoms with Gasteiger partial charge in [-0.3, -0.25) is 14.9 Å². The molecule has 19 heavy (non-hydrogen) atoms. The zero-order chi connectivity index (χ0) is 14.8. The van der Waals surface area contributed by atoms with Gasteiger partial charge in [-0.1, -0.05) is 20.8 Å². The van der Waals surface area contributed by atoms with E-state index >= 15 is 0 Å². The monoisotopic (exact) mass is 348 g/mol. The highest BCUT2D eigenvalue weighted by atomic mass is 79.9. The Hall–Kier alpha value is -0.820. The molecule has 0 aliphatic carbocycles. The van der Waals surface area contributed by atoms with Crippen LogP contribution in [-0.2, 0) is 6.54 Å². The van der Waals surface area contributed by atoms with Crippen molar-refractivity contribution in [3.05, 3.63) is 37.2 Å². The molecule has 0 saturated carbocycles. The predicted octanol–water partition coefficient (Wildman–Crippen LogP) is 3.11. The summed E-state index contributed by atoms with van der Waals surface area (Å²) in [6.07, 6.45) is 2.87. The van der Waals surface area contributed by atoms with Crippen LogP contribution in [0.2, 0.25) is 0 Å². The van der Waals surface area contributed by atoms with E-state index in [1.165, 1.54) is 6.20 Å². The molecule has 0 aliphatic heterocycles. The molecule has 0 fully saturated rings. The summed E-state index contributed by atoms with van der Waals surface area (Å²) < 4.78 is 1.88. The van der Waals surface area contributed by atoms with Gasteiger partial charge in [0.25, 0.3) is 5.43 Å². The van der Waals surface area contributed by atoms with Crippen LogP contribution in [0.4, 0.5) is 5.69 Å². The highest BCUT2D eigenvalue weighted by molar-refractivity contribution is 9.10. The Bertz CT molecular complexity index is 537. The van der Waals surface area contributed by atoms with E-state index in [0.29, 0.717) is 12.3 Å². The molecule has 0 bridgehead atoms. The minimum Gasteiger partial charge on any atom is -0.347 e. The lowest BCUT2D eigenvalue weighted by Crippen LogP contribution is -2.27. The third-order valence-electron chi connectivity index (χ3n) is 3.09. The summed E-state index contributed by atoms with van der Waals surface area (Å²) in [4.78, 5) is 21.8. The van der Waals surface area contributed by atoms with Crippen LogP contribution in [0, 0.1) is 21.4 Å². The third kappa shape index (κ3) is 4.07. The van der Waals surface area contributed by atoms with Crippen molar-refractivity contribution in [3.8, 4) is 0 Å². The van der Waals surface area contributed by atoms with Gasteiger partial charge in [0.2, 0.25) is 0 Å². The number of aromatic nitrogens is 1. The number of thiol groups is 1. The van der Waals surface area contributed by atoms with Crippen LogP contribution in [0.15, 0.2) is 21.7 Å². The molecule has 0 amide bonds. The molecule has 0 N–H and O–H groups in total. The van der Waals surface area contributed by atoms with Crippen LogP contribution >= 0.6 is 28.6 Å². The Balaban J connectivity index is 3.16. The second kappa shape index (κ2) is 6.09. The molecular formula is C12H17BrN2O3S. The van der Waals surface area contributed by atoms with Gasteiger partial charge in [-0.15, -0.1) is 0 Å². The molecule has 1 atom stereocenters. The average molecular weight is 349 g/mol. The Morgan fingerprint density at radius 2 is 2.05 bits per heavy atom. The van der Waals surface area contributed by atoms with Gasteiger partial charge in [0, 0.05) is 12.7 Å². The fourth-order valence-corrected chi connectivity index (χ4v) is 2.80. The minimum absolute atomic E-state index is 0.0339. The number of pyridine rings is 1. The number of hydrogen-bond donors (Lipinski definition) is 1. The quantitative estimate of drug-likeness (QED) is 0.516. The van der Waals surface area contributed by atoms with Gasteiger partial charge >= 0.3 is 5.69 Å². The SMILES string of the molecule is CC(C)(C)C(CS)Cn1cc(Br)c(=O)c([N+](=O)[O-])c1. The Morgan fingerprint density at radius 3 is 2.47 bits per heavy atom. The van der Waals surface area contributed by atoms with E-state index in [0.717, 1.165) is 0 Å². The second-order valence-electron chi connectivity index (χ2n) is 5.52. The first-order valence-corrected chi connectivity index (χ1v) is 7.24. The van der Waals surface area contributed by atoms with Gasteiger partial charge in [-0.2, -0.15) is 12.6 Å². The molecule has 1 aromatic heterocycles. The van der Waals surface area contributed by atoms with Crippen LogP contribution in [-0.4, -0.2) is 15.2 Å². The standard InChI is InChI=1S/C12H17BrN2O3S/c1-12(2,3)8(7-19)4-14-5-9(13)11(16)10(6-14)15(17)18/h5-6,8,19H,4,7H2,1-3H3. The van der Waals surface area contributed by atoms with Crippen molar-refractivity contribution < 1.29 is 4.92 Å². The molecule has 5 nitrogen and oxygen atoms in total. The van der Waals surface area contributed by atoms with E-state index in [1.807, 2.05) is 0 Å². The van der Waals surface area contributed by atoms with E-state index in [-0.39, 0.29) is 15.8 Å². The van der Waals surface area contributed by atoms with E-state index in [4.69, 9.17) is 0 Å². The van der Waals surface area contributed by atoms with Crippen molar-refractivity contribution in [1.29, 1.82) is 0 Å². The maximum Gasteiger partial charge on any atom is 0.333 e. The number of nitro groups is 1. The fourth-order valence-electron chi connectivity index (χ4n) is 1.67. The van der Waals surface area contributed by atoms with Crippen LogP contribution in [0.3, 0.4) is 0 Å². The molecule has 7 heteroatoms. The van der Waals surface area contributed by atoms with E-state index in [2.05, 4.69) is 49.3 Å². The van der Waals surface area contributed by atoms with Crippen LogP contribution in [0.5, 0.6) is 0 Å². The number of hydrogen-bond acceptors (Lipinski definition) is 4. The zero-order valence-corrected chi connectivity index (χ0v) is 13.6. The Kier molecular flexibility index (Phi) is 5.20. The Labute approximate surface area is 125 Å². The highest BCUT2D eigenvalue weighted by Crippen LogP contribution is 2.28. The maximum atomic E-state index is 11.6. The average Bonchev–Trinajstić information content (AvgIpc) is 2.28. The lowest BCUT2D eigenvalue weighted by atomic mass is 9.82. The maximum absolute atomic E-state index is 11.6. The number of halogens is 1. The van der Waals surface area contributed by atoms with E-state index < -0.39 is 16.0 Å². The molecular weight excluding hydrogens is 332 g/mol. The van der Waals surface area contributed by atoms with Crippen molar-refractivity contribution in [2.75, 3.05) is 5.75 Å². The van der Waals surface area contributed by atoms with Crippen molar-refractivity contribution in [1.82, 2.24) is 4.57 Å². The van der Waals surface area contributed by atoms with Crippen molar-refractivity contribution in [2.45, 2.75) is 27.3 Å². The first-order chi connectivity index (χ1) is 8.66. The highest BCUT2D eigenvalue weighted by Gasteiger charge is 2.24.